The van der Waals surface area contributed by atoms with Gasteiger partial charge in [-0.05, 0) is 68.6 Å². The van der Waals surface area contributed by atoms with Gasteiger partial charge < -0.3 is 20.1 Å². The van der Waals surface area contributed by atoms with Crippen molar-refractivity contribution >= 4 is 0 Å². The third-order valence-electron chi connectivity index (χ3n) is 4.04. The monoisotopic (exact) mass is 262 g/mol. The Morgan fingerprint density at radius 3 is 2.74 bits per heavy atom. The number of ether oxygens (including phenoxy) is 2. The molecule has 0 bridgehead atoms. The van der Waals surface area contributed by atoms with Gasteiger partial charge in [0, 0.05) is 6.54 Å². The molecule has 2 aliphatic heterocycles. The molecule has 0 aliphatic carbocycles. The zero-order chi connectivity index (χ0) is 13.1. The third kappa shape index (κ3) is 3.01. The molecule has 0 atom stereocenters. The Balaban J connectivity index is 1.54. The fourth-order valence-electron chi connectivity index (χ4n) is 2.77. The lowest BCUT2D eigenvalue weighted by atomic mass is 9.98. The molecule has 2 aliphatic rings. The summed E-state index contributed by atoms with van der Waals surface area (Å²) in [4.78, 5) is 0. The molecule has 0 spiro atoms. The normalized spacial score (nSPS) is 18.8. The highest BCUT2D eigenvalue weighted by molar-refractivity contribution is 5.48. The van der Waals surface area contributed by atoms with Crippen molar-refractivity contribution in [2.45, 2.75) is 26.3 Å². The van der Waals surface area contributed by atoms with Crippen molar-refractivity contribution in [3.8, 4) is 11.5 Å². The van der Waals surface area contributed by atoms with Crippen molar-refractivity contribution in [2.75, 3.05) is 26.4 Å². The Labute approximate surface area is 114 Å². The van der Waals surface area contributed by atoms with Gasteiger partial charge in [-0.3, -0.25) is 0 Å². The highest BCUT2D eigenvalue weighted by Gasteiger charge is 2.16. The van der Waals surface area contributed by atoms with Crippen molar-refractivity contribution in [1.82, 2.24) is 10.6 Å². The summed E-state index contributed by atoms with van der Waals surface area (Å²) < 4.78 is 10.8. The fraction of sp³-hybridized carbons (Fsp3) is 0.600. The number of benzene rings is 1. The number of piperidine rings is 1. The first-order valence-electron chi connectivity index (χ1n) is 7.13. The van der Waals surface area contributed by atoms with E-state index < -0.39 is 0 Å². The number of hydrogen-bond donors (Lipinski definition) is 2. The van der Waals surface area contributed by atoms with Crippen LogP contribution in [-0.4, -0.2) is 26.4 Å². The summed E-state index contributed by atoms with van der Waals surface area (Å²) in [5, 5.41) is 6.98. The number of aryl methyl sites for hydroxylation is 1. The molecule has 1 aromatic rings. The summed E-state index contributed by atoms with van der Waals surface area (Å²) in [5.74, 6) is 2.57. The van der Waals surface area contributed by atoms with Gasteiger partial charge in [0.2, 0.25) is 6.79 Å². The molecule has 0 radical (unpaired) electrons. The SMILES string of the molecule is Cc1cc2c(cc1CNCC1CCNCC1)OCO2. The highest BCUT2D eigenvalue weighted by Crippen LogP contribution is 2.34. The minimum absolute atomic E-state index is 0.348. The van der Waals surface area contributed by atoms with Crippen LogP contribution in [0.15, 0.2) is 12.1 Å². The second-order valence-electron chi connectivity index (χ2n) is 5.46. The zero-order valence-electron chi connectivity index (χ0n) is 11.5. The minimum atomic E-state index is 0.348. The van der Waals surface area contributed by atoms with Crippen LogP contribution in [0.25, 0.3) is 0 Å². The standard InChI is InChI=1S/C15H22N2O2/c1-11-6-14-15(19-10-18-14)7-13(11)9-17-8-12-2-4-16-5-3-12/h6-7,12,16-17H,2-5,8-10H2,1H3. The molecule has 2 N–H and O–H groups in total. The van der Waals surface area contributed by atoms with E-state index in [1.54, 1.807) is 0 Å². The molecule has 3 rings (SSSR count). The van der Waals surface area contributed by atoms with Crippen molar-refractivity contribution in [2.24, 2.45) is 5.92 Å². The molecule has 1 aromatic carbocycles. The maximum Gasteiger partial charge on any atom is 0.231 e. The number of rotatable bonds is 4. The molecule has 0 amide bonds. The van der Waals surface area contributed by atoms with Crippen molar-refractivity contribution < 1.29 is 9.47 Å². The van der Waals surface area contributed by atoms with Crippen LogP contribution in [0.4, 0.5) is 0 Å². The molecule has 19 heavy (non-hydrogen) atoms. The third-order valence-corrected chi connectivity index (χ3v) is 4.04. The molecule has 0 saturated carbocycles. The van der Waals surface area contributed by atoms with E-state index >= 15 is 0 Å². The summed E-state index contributed by atoms with van der Waals surface area (Å²) in [7, 11) is 0. The number of fused-ring (bicyclic) bond motifs is 1. The summed E-state index contributed by atoms with van der Waals surface area (Å²) in [5.41, 5.74) is 2.57. The smallest absolute Gasteiger partial charge is 0.231 e. The molecule has 4 nitrogen and oxygen atoms in total. The maximum atomic E-state index is 5.43. The van der Waals surface area contributed by atoms with Crippen LogP contribution in [0.3, 0.4) is 0 Å². The molecule has 1 saturated heterocycles. The average molecular weight is 262 g/mol. The number of nitrogens with one attached hydrogen (secondary N) is 2. The first-order valence-corrected chi connectivity index (χ1v) is 7.13. The summed E-state index contributed by atoms with van der Waals surface area (Å²) in [6, 6.07) is 4.18. The van der Waals surface area contributed by atoms with Gasteiger partial charge in [0.05, 0.1) is 0 Å². The highest BCUT2D eigenvalue weighted by atomic mass is 16.7. The predicted molar refractivity (Wildman–Crippen MR) is 74.6 cm³/mol. The first-order chi connectivity index (χ1) is 9.33. The Morgan fingerprint density at radius 1 is 1.21 bits per heavy atom. The van der Waals surface area contributed by atoms with E-state index in [2.05, 4.69) is 29.7 Å². The summed E-state index contributed by atoms with van der Waals surface area (Å²) in [6.07, 6.45) is 2.57. The van der Waals surface area contributed by atoms with E-state index in [9.17, 15) is 0 Å². The number of hydrogen-bond acceptors (Lipinski definition) is 4. The van der Waals surface area contributed by atoms with Crippen LogP contribution in [0.2, 0.25) is 0 Å². The molecule has 1 fully saturated rings. The molecule has 2 heterocycles. The Kier molecular flexibility index (Phi) is 3.89. The largest absolute Gasteiger partial charge is 0.454 e. The van der Waals surface area contributed by atoms with Crippen LogP contribution in [-0.2, 0) is 6.54 Å². The van der Waals surface area contributed by atoms with Gasteiger partial charge in [-0.2, -0.15) is 0 Å². The first kappa shape index (κ1) is 12.8. The van der Waals surface area contributed by atoms with Gasteiger partial charge in [-0.15, -0.1) is 0 Å². The van der Waals surface area contributed by atoms with Crippen LogP contribution in [0, 0.1) is 12.8 Å². The fourth-order valence-corrected chi connectivity index (χ4v) is 2.77. The zero-order valence-corrected chi connectivity index (χ0v) is 11.5. The van der Waals surface area contributed by atoms with Crippen molar-refractivity contribution in [3.05, 3.63) is 23.3 Å². The lowest BCUT2D eigenvalue weighted by Crippen LogP contribution is -2.33. The summed E-state index contributed by atoms with van der Waals surface area (Å²) >= 11 is 0. The second-order valence-corrected chi connectivity index (χ2v) is 5.46. The van der Waals surface area contributed by atoms with Gasteiger partial charge >= 0.3 is 0 Å². The van der Waals surface area contributed by atoms with Crippen LogP contribution >= 0.6 is 0 Å². The molecule has 4 heteroatoms. The van der Waals surface area contributed by atoms with Gasteiger partial charge in [0.1, 0.15) is 0 Å². The minimum Gasteiger partial charge on any atom is -0.454 e. The van der Waals surface area contributed by atoms with E-state index in [1.807, 2.05) is 0 Å². The Hall–Kier alpha value is -1.26. The van der Waals surface area contributed by atoms with Crippen LogP contribution < -0.4 is 20.1 Å². The van der Waals surface area contributed by atoms with Gasteiger partial charge in [0.25, 0.3) is 0 Å². The van der Waals surface area contributed by atoms with Crippen LogP contribution in [0.5, 0.6) is 11.5 Å². The molecular weight excluding hydrogens is 240 g/mol. The maximum absolute atomic E-state index is 5.43. The van der Waals surface area contributed by atoms with E-state index in [0.29, 0.717) is 6.79 Å². The molecule has 104 valence electrons. The lowest BCUT2D eigenvalue weighted by molar-refractivity contribution is 0.174. The molecule has 0 aromatic heterocycles. The van der Waals surface area contributed by atoms with Crippen LogP contribution in [0.1, 0.15) is 24.0 Å². The van der Waals surface area contributed by atoms with Crippen molar-refractivity contribution in [1.29, 1.82) is 0 Å². The van der Waals surface area contributed by atoms with E-state index in [1.165, 1.54) is 24.0 Å². The van der Waals surface area contributed by atoms with Gasteiger partial charge in [-0.1, -0.05) is 0 Å². The van der Waals surface area contributed by atoms with Gasteiger partial charge in [-0.25, -0.2) is 0 Å². The van der Waals surface area contributed by atoms with Gasteiger partial charge in [0.15, 0.2) is 11.5 Å². The topological polar surface area (TPSA) is 42.5 Å². The second kappa shape index (κ2) is 5.80. The Morgan fingerprint density at radius 2 is 1.95 bits per heavy atom. The molecular formula is C15H22N2O2. The Bertz CT molecular complexity index is 442. The lowest BCUT2D eigenvalue weighted by Gasteiger charge is -2.23. The predicted octanol–water partition coefficient (Wildman–Crippen LogP) is 1.81. The molecule has 0 unspecified atom stereocenters. The van der Waals surface area contributed by atoms with Crippen molar-refractivity contribution in [3.63, 3.8) is 0 Å². The average Bonchev–Trinajstić information content (AvgIpc) is 2.87. The quantitative estimate of drug-likeness (QED) is 0.868. The van der Waals surface area contributed by atoms with E-state index in [-0.39, 0.29) is 0 Å². The summed E-state index contributed by atoms with van der Waals surface area (Å²) in [6.45, 7) is 6.82. The van der Waals surface area contributed by atoms with E-state index in [0.717, 1.165) is 43.6 Å². The van der Waals surface area contributed by atoms with E-state index in [4.69, 9.17) is 9.47 Å².